The van der Waals surface area contributed by atoms with Crippen LogP contribution in [0.4, 0.5) is 4.79 Å². The Bertz CT molecular complexity index is 924. The lowest BCUT2D eigenvalue weighted by molar-refractivity contribution is -0.0213. The number of hydrogen-bond donors (Lipinski definition) is 1. The smallest absolute Gasteiger partial charge is 0.407 e. The van der Waals surface area contributed by atoms with E-state index in [0.29, 0.717) is 92.2 Å². The molecule has 1 aliphatic carbocycles. The largest absolute Gasteiger partial charge is 0.449 e. The standard InChI is InChI=1S/C31H45NO8/c1-25(2)39-23-22-38-21-20-37-19-18-36-17-16-35-15-14-34-13-7-12-32-31(33)40-24-30-28-10-5-3-8-26(28)27-9-4-6-11-29(27)30/h3-6,8-11,25,30H,7,12-24H2,1-2H3,(H,32,33). The topological polar surface area (TPSA) is 93.7 Å². The van der Waals surface area contributed by atoms with E-state index in [1.807, 2.05) is 38.1 Å². The van der Waals surface area contributed by atoms with Gasteiger partial charge in [0.2, 0.25) is 0 Å². The maximum Gasteiger partial charge on any atom is 0.407 e. The average Bonchev–Trinajstić information content (AvgIpc) is 3.28. The lowest BCUT2D eigenvalue weighted by Gasteiger charge is -2.14. The van der Waals surface area contributed by atoms with Crippen LogP contribution in [0.1, 0.15) is 37.3 Å². The SMILES string of the molecule is CC(C)OCCOCCOCCOCCOCCOCCCNC(=O)OCC1c2ccccc2-c2ccccc21. The van der Waals surface area contributed by atoms with Crippen LogP contribution >= 0.6 is 0 Å². The van der Waals surface area contributed by atoms with E-state index in [4.69, 9.17) is 33.2 Å². The molecule has 2 aromatic carbocycles. The van der Waals surface area contributed by atoms with Gasteiger partial charge in [-0.1, -0.05) is 48.5 Å². The number of amides is 1. The first-order chi connectivity index (χ1) is 19.7. The molecular weight excluding hydrogens is 514 g/mol. The van der Waals surface area contributed by atoms with E-state index in [0.717, 1.165) is 0 Å². The molecule has 0 radical (unpaired) electrons. The first-order valence-electron chi connectivity index (χ1n) is 14.3. The Morgan fingerprint density at radius 3 is 1.62 bits per heavy atom. The molecule has 0 unspecified atom stereocenters. The Hall–Kier alpha value is -2.53. The van der Waals surface area contributed by atoms with Crippen molar-refractivity contribution in [2.45, 2.75) is 32.3 Å². The molecule has 0 heterocycles. The molecule has 0 saturated carbocycles. The highest BCUT2D eigenvalue weighted by molar-refractivity contribution is 5.79. The Morgan fingerprint density at radius 1 is 0.675 bits per heavy atom. The van der Waals surface area contributed by atoms with Crippen LogP contribution < -0.4 is 5.32 Å². The van der Waals surface area contributed by atoms with E-state index < -0.39 is 6.09 Å². The molecule has 40 heavy (non-hydrogen) atoms. The molecule has 0 aliphatic heterocycles. The molecule has 222 valence electrons. The van der Waals surface area contributed by atoms with Crippen molar-refractivity contribution >= 4 is 6.09 Å². The highest BCUT2D eigenvalue weighted by atomic mass is 16.6. The summed E-state index contributed by atoms with van der Waals surface area (Å²) in [5, 5.41) is 2.80. The zero-order valence-electron chi connectivity index (χ0n) is 23.9. The Kier molecular flexibility index (Phi) is 15.6. The fourth-order valence-corrected chi connectivity index (χ4v) is 4.34. The third-order valence-electron chi connectivity index (χ3n) is 6.25. The van der Waals surface area contributed by atoms with Gasteiger partial charge in [-0.15, -0.1) is 0 Å². The van der Waals surface area contributed by atoms with Gasteiger partial charge in [0.1, 0.15) is 6.61 Å². The van der Waals surface area contributed by atoms with Gasteiger partial charge in [0.15, 0.2) is 0 Å². The fraction of sp³-hybridized carbons (Fsp3) is 0.581. The number of carbonyl (C=O) groups is 1. The van der Waals surface area contributed by atoms with Gasteiger partial charge < -0.3 is 38.5 Å². The molecule has 0 aromatic heterocycles. The third-order valence-corrected chi connectivity index (χ3v) is 6.25. The minimum absolute atomic E-state index is 0.0608. The number of fused-ring (bicyclic) bond motifs is 3. The first-order valence-corrected chi connectivity index (χ1v) is 14.3. The molecule has 1 aliphatic rings. The van der Waals surface area contributed by atoms with Gasteiger partial charge in [0.05, 0.1) is 72.2 Å². The number of hydrogen-bond acceptors (Lipinski definition) is 8. The van der Waals surface area contributed by atoms with Gasteiger partial charge in [-0.05, 0) is 42.5 Å². The van der Waals surface area contributed by atoms with E-state index in [-0.39, 0.29) is 12.0 Å². The molecule has 1 N–H and O–H groups in total. The van der Waals surface area contributed by atoms with Crippen molar-refractivity contribution in [3.8, 4) is 11.1 Å². The van der Waals surface area contributed by atoms with E-state index >= 15 is 0 Å². The van der Waals surface area contributed by atoms with Crippen molar-refractivity contribution in [2.75, 3.05) is 85.8 Å². The summed E-state index contributed by atoms with van der Waals surface area (Å²) in [5.74, 6) is 0.0608. The fourth-order valence-electron chi connectivity index (χ4n) is 4.34. The van der Waals surface area contributed by atoms with Crippen LogP contribution in [0.15, 0.2) is 48.5 Å². The molecule has 0 fully saturated rings. The first kappa shape index (κ1) is 32.0. The number of carbonyl (C=O) groups excluding carboxylic acids is 1. The van der Waals surface area contributed by atoms with Crippen LogP contribution in [-0.2, 0) is 33.2 Å². The normalized spacial score (nSPS) is 12.5. The molecule has 0 spiro atoms. The molecular formula is C31H45NO8. The molecule has 1 amide bonds. The van der Waals surface area contributed by atoms with Gasteiger partial charge in [-0.2, -0.15) is 0 Å². The number of benzene rings is 2. The Balaban J connectivity index is 1.07. The monoisotopic (exact) mass is 559 g/mol. The van der Waals surface area contributed by atoms with Crippen molar-refractivity contribution in [3.63, 3.8) is 0 Å². The summed E-state index contributed by atoms with van der Waals surface area (Å²) in [7, 11) is 0. The second-order valence-corrected chi connectivity index (χ2v) is 9.59. The van der Waals surface area contributed by atoms with Crippen LogP contribution in [-0.4, -0.2) is 98.0 Å². The third kappa shape index (κ3) is 11.9. The van der Waals surface area contributed by atoms with Crippen LogP contribution in [0.25, 0.3) is 11.1 Å². The average molecular weight is 560 g/mol. The predicted octanol–water partition coefficient (Wildman–Crippen LogP) is 4.42. The molecule has 9 heteroatoms. The summed E-state index contributed by atoms with van der Waals surface area (Å²) < 4.78 is 38.3. The highest BCUT2D eigenvalue weighted by Gasteiger charge is 2.28. The zero-order valence-corrected chi connectivity index (χ0v) is 23.9. The van der Waals surface area contributed by atoms with Crippen LogP contribution in [0, 0.1) is 0 Å². The second kappa shape index (κ2) is 19.5. The predicted molar refractivity (Wildman–Crippen MR) is 153 cm³/mol. The number of nitrogens with one attached hydrogen (secondary N) is 1. The van der Waals surface area contributed by atoms with Crippen molar-refractivity contribution in [3.05, 3.63) is 59.7 Å². The highest BCUT2D eigenvalue weighted by Crippen LogP contribution is 2.44. The summed E-state index contributed by atoms with van der Waals surface area (Å²) in [6.07, 6.45) is 0.521. The van der Waals surface area contributed by atoms with Gasteiger partial charge in [-0.3, -0.25) is 0 Å². The minimum atomic E-state index is -0.406. The summed E-state index contributed by atoms with van der Waals surface area (Å²) in [6.45, 7) is 10.7. The van der Waals surface area contributed by atoms with Gasteiger partial charge in [0.25, 0.3) is 0 Å². The summed E-state index contributed by atoms with van der Waals surface area (Å²) >= 11 is 0. The Morgan fingerprint density at radius 2 is 1.12 bits per heavy atom. The van der Waals surface area contributed by atoms with E-state index in [9.17, 15) is 4.79 Å². The summed E-state index contributed by atoms with van der Waals surface area (Å²) in [6, 6.07) is 16.6. The van der Waals surface area contributed by atoms with Crippen LogP contribution in [0.2, 0.25) is 0 Å². The summed E-state index contributed by atoms with van der Waals surface area (Å²) in [4.78, 5) is 12.2. The van der Waals surface area contributed by atoms with Crippen LogP contribution in [0.5, 0.6) is 0 Å². The van der Waals surface area contributed by atoms with Crippen LogP contribution in [0.3, 0.4) is 0 Å². The van der Waals surface area contributed by atoms with Gasteiger partial charge >= 0.3 is 6.09 Å². The lowest BCUT2D eigenvalue weighted by atomic mass is 9.98. The number of alkyl carbamates (subject to hydrolysis) is 1. The number of ether oxygens (including phenoxy) is 7. The maximum absolute atomic E-state index is 12.2. The molecule has 0 saturated heterocycles. The van der Waals surface area contributed by atoms with Crippen molar-refractivity contribution in [2.24, 2.45) is 0 Å². The minimum Gasteiger partial charge on any atom is -0.449 e. The van der Waals surface area contributed by atoms with Crippen molar-refractivity contribution in [1.29, 1.82) is 0 Å². The molecule has 0 bridgehead atoms. The maximum atomic E-state index is 12.2. The molecule has 2 aromatic rings. The quantitative estimate of drug-likeness (QED) is 0.212. The lowest BCUT2D eigenvalue weighted by Crippen LogP contribution is -2.27. The van der Waals surface area contributed by atoms with Gasteiger partial charge in [0, 0.05) is 19.1 Å². The van der Waals surface area contributed by atoms with Gasteiger partial charge in [-0.25, -0.2) is 4.79 Å². The molecule has 3 rings (SSSR count). The van der Waals surface area contributed by atoms with E-state index in [2.05, 4.69) is 29.6 Å². The zero-order chi connectivity index (χ0) is 28.3. The van der Waals surface area contributed by atoms with E-state index in [1.54, 1.807) is 0 Å². The van der Waals surface area contributed by atoms with Crippen molar-refractivity contribution in [1.82, 2.24) is 5.32 Å². The molecule has 9 nitrogen and oxygen atoms in total. The summed E-state index contributed by atoms with van der Waals surface area (Å²) in [5.41, 5.74) is 4.83. The van der Waals surface area contributed by atoms with Crippen molar-refractivity contribution < 1.29 is 38.0 Å². The number of rotatable bonds is 22. The Labute approximate surface area is 238 Å². The van der Waals surface area contributed by atoms with E-state index in [1.165, 1.54) is 22.3 Å². The molecule has 0 atom stereocenters. The second-order valence-electron chi connectivity index (χ2n) is 9.59.